The highest BCUT2D eigenvalue weighted by molar-refractivity contribution is 6.01. The molecule has 0 radical (unpaired) electrons. The van der Waals surface area contributed by atoms with E-state index in [4.69, 9.17) is 0 Å². The number of non-ortho nitro benzene ring substituents is 1. The number of hydrogen-bond donors (Lipinski definition) is 1. The molecule has 0 aliphatic rings. The molecule has 0 aliphatic heterocycles. The molecule has 2 aromatic carbocycles. The number of carbonyl (C=O) groups excluding carboxylic acids is 1. The molecular weight excluding hydrogens is 336 g/mol. The Balaban J connectivity index is 2.06. The molecular formula is C16H13F2N3O4. The Hall–Kier alpha value is -3.36. The van der Waals surface area contributed by atoms with Gasteiger partial charge in [0, 0.05) is 17.7 Å². The average molecular weight is 349 g/mol. The number of nitrogens with one attached hydrogen (secondary N) is 1. The first-order valence-corrected chi connectivity index (χ1v) is 7.01. The number of nitrogens with zero attached hydrogens (tertiary/aromatic N) is 2. The van der Waals surface area contributed by atoms with Crippen LogP contribution in [0.25, 0.3) is 0 Å². The number of nitro groups is 1. The number of hydrogen-bond acceptors (Lipinski definition) is 5. The van der Waals surface area contributed by atoms with Crippen molar-refractivity contribution >= 4 is 17.3 Å². The van der Waals surface area contributed by atoms with Crippen LogP contribution in [0.4, 0.5) is 14.5 Å². The molecule has 7 nitrogen and oxygen atoms in total. The highest BCUT2D eigenvalue weighted by Crippen LogP contribution is 2.16. The Labute approximate surface area is 141 Å². The molecule has 1 amide bonds. The van der Waals surface area contributed by atoms with E-state index in [1.807, 2.05) is 0 Å². The molecule has 0 saturated carbocycles. The van der Waals surface area contributed by atoms with Crippen molar-refractivity contribution in [3.05, 3.63) is 69.8 Å². The lowest BCUT2D eigenvalue weighted by atomic mass is 10.1. The number of halogens is 2. The van der Waals surface area contributed by atoms with Crippen LogP contribution in [0.1, 0.15) is 22.8 Å². The maximum absolute atomic E-state index is 12.1. The quantitative estimate of drug-likeness (QED) is 0.492. The van der Waals surface area contributed by atoms with Crippen LogP contribution >= 0.6 is 0 Å². The van der Waals surface area contributed by atoms with Crippen LogP contribution in [0.2, 0.25) is 0 Å². The summed E-state index contributed by atoms with van der Waals surface area (Å²) in [5.74, 6) is -0.604. The predicted octanol–water partition coefficient (Wildman–Crippen LogP) is 3.35. The fourth-order valence-electron chi connectivity index (χ4n) is 1.90. The fraction of sp³-hybridized carbons (Fsp3) is 0.125. The van der Waals surface area contributed by atoms with Gasteiger partial charge in [0.05, 0.1) is 10.6 Å². The number of carbonyl (C=O) groups is 1. The lowest BCUT2D eigenvalue weighted by molar-refractivity contribution is -0.384. The van der Waals surface area contributed by atoms with Gasteiger partial charge < -0.3 is 4.74 Å². The summed E-state index contributed by atoms with van der Waals surface area (Å²) >= 11 is 0. The van der Waals surface area contributed by atoms with Gasteiger partial charge in [0.2, 0.25) is 0 Å². The first kappa shape index (κ1) is 18.0. The Kier molecular flexibility index (Phi) is 5.72. The van der Waals surface area contributed by atoms with Crippen molar-refractivity contribution in [3.8, 4) is 5.75 Å². The molecule has 9 heteroatoms. The molecule has 0 saturated heterocycles. The van der Waals surface area contributed by atoms with Gasteiger partial charge in [0.1, 0.15) is 5.75 Å². The molecule has 2 aromatic rings. The van der Waals surface area contributed by atoms with Crippen molar-refractivity contribution in [2.45, 2.75) is 13.5 Å². The second-order valence-corrected chi connectivity index (χ2v) is 4.85. The van der Waals surface area contributed by atoms with Crippen LogP contribution in [0, 0.1) is 10.1 Å². The predicted molar refractivity (Wildman–Crippen MR) is 85.8 cm³/mol. The zero-order chi connectivity index (χ0) is 18.4. The summed E-state index contributed by atoms with van der Waals surface area (Å²) in [6, 6.07) is 10.9. The van der Waals surface area contributed by atoms with E-state index in [9.17, 15) is 23.7 Å². The lowest BCUT2D eigenvalue weighted by Crippen LogP contribution is -2.19. The maximum Gasteiger partial charge on any atom is 0.387 e. The van der Waals surface area contributed by atoms with E-state index in [0.717, 1.165) is 6.07 Å². The SMILES string of the molecule is CC(=NNC(=O)c1cccc([N+](=O)[O-])c1)c1ccc(OC(F)F)cc1. The standard InChI is InChI=1S/C16H13F2N3O4/c1-10(11-5-7-14(8-6-11)25-16(17)18)19-20-15(22)12-3-2-4-13(9-12)21(23)24/h2-9,16H,1H3,(H,20,22). The fourth-order valence-corrected chi connectivity index (χ4v) is 1.90. The highest BCUT2D eigenvalue weighted by Gasteiger charge is 2.11. The number of ether oxygens (including phenoxy) is 1. The van der Waals surface area contributed by atoms with Crippen molar-refractivity contribution in [1.82, 2.24) is 5.43 Å². The van der Waals surface area contributed by atoms with Crippen LogP contribution in [0.15, 0.2) is 53.6 Å². The molecule has 0 bridgehead atoms. The van der Waals surface area contributed by atoms with Gasteiger partial charge in [0.25, 0.3) is 11.6 Å². The molecule has 0 aliphatic carbocycles. The van der Waals surface area contributed by atoms with Crippen molar-refractivity contribution in [2.24, 2.45) is 5.10 Å². The minimum Gasteiger partial charge on any atom is -0.435 e. The molecule has 130 valence electrons. The van der Waals surface area contributed by atoms with Gasteiger partial charge in [0.15, 0.2) is 0 Å². The van der Waals surface area contributed by atoms with Crippen molar-refractivity contribution in [2.75, 3.05) is 0 Å². The van der Waals surface area contributed by atoms with E-state index in [1.54, 1.807) is 6.92 Å². The number of nitro benzene ring substituents is 1. The van der Waals surface area contributed by atoms with E-state index in [-0.39, 0.29) is 17.0 Å². The summed E-state index contributed by atoms with van der Waals surface area (Å²) < 4.78 is 28.4. The summed E-state index contributed by atoms with van der Waals surface area (Å²) in [6.45, 7) is -1.30. The van der Waals surface area contributed by atoms with Crippen LogP contribution in [0.5, 0.6) is 5.75 Å². The second-order valence-electron chi connectivity index (χ2n) is 4.85. The minimum absolute atomic E-state index is 0.00665. The van der Waals surface area contributed by atoms with Gasteiger partial charge in [-0.25, -0.2) is 5.43 Å². The summed E-state index contributed by atoms with van der Waals surface area (Å²) in [5.41, 5.74) is 3.17. The topological polar surface area (TPSA) is 93.8 Å². The van der Waals surface area contributed by atoms with Crippen molar-refractivity contribution in [1.29, 1.82) is 0 Å². The van der Waals surface area contributed by atoms with Crippen molar-refractivity contribution in [3.63, 3.8) is 0 Å². The summed E-state index contributed by atoms with van der Waals surface area (Å²) in [4.78, 5) is 22.1. The molecule has 0 atom stereocenters. The first-order chi connectivity index (χ1) is 11.9. The van der Waals surface area contributed by atoms with E-state index in [0.29, 0.717) is 11.3 Å². The largest absolute Gasteiger partial charge is 0.435 e. The Morgan fingerprint density at radius 3 is 2.48 bits per heavy atom. The van der Waals surface area contributed by atoms with Crippen LogP contribution in [-0.2, 0) is 0 Å². The van der Waals surface area contributed by atoms with E-state index in [1.165, 1.54) is 42.5 Å². The molecule has 2 rings (SSSR count). The number of alkyl halides is 2. The van der Waals surface area contributed by atoms with Gasteiger partial charge in [-0.2, -0.15) is 13.9 Å². The summed E-state index contributed by atoms with van der Waals surface area (Å²) in [5, 5.41) is 14.6. The number of rotatable bonds is 6. The zero-order valence-corrected chi connectivity index (χ0v) is 13.0. The third-order valence-electron chi connectivity index (χ3n) is 3.14. The monoisotopic (exact) mass is 349 g/mol. The molecule has 0 aromatic heterocycles. The number of benzene rings is 2. The Bertz CT molecular complexity index is 807. The number of amides is 1. The average Bonchev–Trinajstić information content (AvgIpc) is 2.59. The highest BCUT2D eigenvalue weighted by atomic mass is 19.3. The second kappa shape index (κ2) is 7.95. The lowest BCUT2D eigenvalue weighted by Gasteiger charge is -2.06. The van der Waals surface area contributed by atoms with Gasteiger partial charge >= 0.3 is 6.61 Å². The third-order valence-corrected chi connectivity index (χ3v) is 3.14. The third kappa shape index (κ3) is 5.06. The molecule has 25 heavy (non-hydrogen) atoms. The van der Waals surface area contributed by atoms with Crippen molar-refractivity contribution < 1.29 is 23.2 Å². The van der Waals surface area contributed by atoms with Gasteiger partial charge in [-0.3, -0.25) is 14.9 Å². The van der Waals surface area contributed by atoms with Gasteiger partial charge in [-0.15, -0.1) is 0 Å². The summed E-state index contributed by atoms with van der Waals surface area (Å²) in [6.07, 6.45) is 0. The van der Waals surface area contributed by atoms with E-state index in [2.05, 4.69) is 15.3 Å². The molecule has 1 N–H and O–H groups in total. The first-order valence-electron chi connectivity index (χ1n) is 7.01. The van der Waals surface area contributed by atoms with E-state index < -0.39 is 17.4 Å². The van der Waals surface area contributed by atoms with Crippen LogP contribution in [0.3, 0.4) is 0 Å². The molecule has 0 spiro atoms. The molecule has 0 heterocycles. The molecule has 0 unspecified atom stereocenters. The zero-order valence-electron chi connectivity index (χ0n) is 13.0. The van der Waals surface area contributed by atoms with Crippen LogP contribution < -0.4 is 10.2 Å². The molecule has 0 fully saturated rings. The van der Waals surface area contributed by atoms with Gasteiger partial charge in [-0.05, 0) is 42.8 Å². The van der Waals surface area contributed by atoms with Crippen LogP contribution in [-0.4, -0.2) is 23.2 Å². The van der Waals surface area contributed by atoms with Gasteiger partial charge in [-0.1, -0.05) is 6.07 Å². The number of hydrazone groups is 1. The van der Waals surface area contributed by atoms with E-state index >= 15 is 0 Å². The smallest absolute Gasteiger partial charge is 0.387 e. The summed E-state index contributed by atoms with van der Waals surface area (Å²) in [7, 11) is 0. The Morgan fingerprint density at radius 1 is 1.20 bits per heavy atom. The normalized spacial score (nSPS) is 11.3. The maximum atomic E-state index is 12.1. The Morgan fingerprint density at radius 2 is 1.88 bits per heavy atom. The minimum atomic E-state index is -2.91.